The van der Waals surface area contributed by atoms with E-state index in [1.807, 2.05) is 0 Å². The molecule has 0 saturated carbocycles. The van der Waals surface area contributed by atoms with Crippen LogP contribution >= 0.6 is 11.6 Å². The van der Waals surface area contributed by atoms with Gasteiger partial charge in [0.1, 0.15) is 5.75 Å². The molecule has 0 aliphatic rings. The summed E-state index contributed by atoms with van der Waals surface area (Å²) in [5.74, 6) is 0.174. The van der Waals surface area contributed by atoms with Crippen LogP contribution in [0.2, 0.25) is 5.02 Å². The van der Waals surface area contributed by atoms with Gasteiger partial charge < -0.3 is 9.84 Å². The Morgan fingerprint density at radius 1 is 1.22 bits per heavy atom. The van der Waals surface area contributed by atoms with Gasteiger partial charge in [0, 0.05) is 12.3 Å². The molecule has 0 aliphatic heterocycles. The minimum absolute atomic E-state index is 0.000521. The number of nitrogens with zero attached hydrogens (tertiary/aromatic N) is 1. The summed E-state index contributed by atoms with van der Waals surface area (Å²) < 4.78 is 5.48. The van der Waals surface area contributed by atoms with E-state index in [2.05, 4.69) is 4.98 Å². The third-order valence-corrected chi connectivity index (χ3v) is 2.42. The maximum absolute atomic E-state index is 10.5. The van der Waals surface area contributed by atoms with Gasteiger partial charge in [-0.1, -0.05) is 23.7 Å². The fourth-order valence-corrected chi connectivity index (χ4v) is 1.51. The molecule has 2 aromatic rings. The first kappa shape index (κ1) is 12.4. The van der Waals surface area contributed by atoms with Crippen molar-refractivity contribution in [3.05, 3.63) is 53.2 Å². The minimum Gasteiger partial charge on any atom is -0.481 e. The van der Waals surface area contributed by atoms with Crippen molar-refractivity contribution in [3.63, 3.8) is 0 Å². The van der Waals surface area contributed by atoms with Crippen molar-refractivity contribution in [1.82, 2.24) is 4.98 Å². The lowest BCUT2D eigenvalue weighted by Crippen LogP contribution is -1.99. The van der Waals surface area contributed by atoms with Crippen LogP contribution in [0.4, 0.5) is 0 Å². The van der Waals surface area contributed by atoms with Gasteiger partial charge in [0.2, 0.25) is 5.88 Å². The monoisotopic (exact) mass is 263 g/mol. The highest BCUT2D eigenvalue weighted by Crippen LogP contribution is 2.20. The lowest BCUT2D eigenvalue weighted by atomic mass is 10.1. The molecule has 0 spiro atoms. The molecule has 0 aliphatic carbocycles. The van der Waals surface area contributed by atoms with Crippen LogP contribution in [0.25, 0.3) is 0 Å². The van der Waals surface area contributed by atoms with Gasteiger partial charge in [-0.15, -0.1) is 0 Å². The maximum Gasteiger partial charge on any atom is 0.307 e. The van der Waals surface area contributed by atoms with E-state index in [0.717, 1.165) is 5.56 Å². The van der Waals surface area contributed by atoms with Crippen LogP contribution in [-0.2, 0) is 11.2 Å². The normalized spacial score (nSPS) is 10.1. The average Bonchev–Trinajstić information content (AvgIpc) is 2.34. The second-order valence-electron chi connectivity index (χ2n) is 3.63. The zero-order valence-electron chi connectivity index (χ0n) is 9.34. The Balaban J connectivity index is 2.06. The van der Waals surface area contributed by atoms with Gasteiger partial charge in [0.05, 0.1) is 11.4 Å². The molecule has 0 radical (unpaired) electrons. The molecule has 2 rings (SSSR count). The molecule has 0 saturated heterocycles. The topological polar surface area (TPSA) is 59.4 Å². The number of carboxylic acids is 1. The number of aliphatic carboxylic acids is 1. The molecule has 1 N–H and O–H groups in total. The number of hydrogen-bond donors (Lipinski definition) is 1. The van der Waals surface area contributed by atoms with E-state index in [9.17, 15) is 4.79 Å². The van der Waals surface area contributed by atoms with Crippen LogP contribution in [0.5, 0.6) is 11.6 Å². The molecular weight excluding hydrogens is 254 g/mol. The van der Waals surface area contributed by atoms with Gasteiger partial charge in [-0.05, 0) is 23.8 Å². The smallest absolute Gasteiger partial charge is 0.307 e. The minimum atomic E-state index is -0.858. The predicted octanol–water partition coefficient (Wildman–Crippen LogP) is 3.15. The number of benzene rings is 1. The Hall–Kier alpha value is -2.07. The zero-order chi connectivity index (χ0) is 13.0. The summed E-state index contributed by atoms with van der Waals surface area (Å²) in [6, 6.07) is 10.2. The average molecular weight is 264 g/mol. The van der Waals surface area contributed by atoms with Crippen LogP contribution < -0.4 is 4.74 Å². The van der Waals surface area contributed by atoms with Crippen molar-refractivity contribution < 1.29 is 14.6 Å². The second-order valence-corrected chi connectivity index (χ2v) is 4.07. The van der Waals surface area contributed by atoms with Crippen molar-refractivity contribution in [1.29, 1.82) is 0 Å². The Labute approximate surface area is 109 Å². The van der Waals surface area contributed by atoms with E-state index in [-0.39, 0.29) is 6.42 Å². The molecule has 0 amide bonds. The van der Waals surface area contributed by atoms with Gasteiger partial charge in [0.25, 0.3) is 0 Å². The largest absolute Gasteiger partial charge is 0.481 e. The summed E-state index contributed by atoms with van der Waals surface area (Å²) in [6.45, 7) is 0. The summed E-state index contributed by atoms with van der Waals surface area (Å²) in [6.07, 6.45) is 1.50. The first-order valence-corrected chi connectivity index (χ1v) is 5.61. The number of pyridine rings is 1. The van der Waals surface area contributed by atoms with Gasteiger partial charge in [-0.3, -0.25) is 4.79 Å². The summed E-state index contributed by atoms with van der Waals surface area (Å²) >= 11 is 5.71. The molecule has 0 unspecified atom stereocenters. The van der Waals surface area contributed by atoms with Crippen LogP contribution in [-0.4, -0.2) is 16.1 Å². The van der Waals surface area contributed by atoms with Crippen molar-refractivity contribution in [2.75, 3.05) is 0 Å². The molecule has 1 heterocycles. The molecule has 0 bridgehead atoms. The molecule has 92 valence electrons. The SMILES string of the molecule is O=C(O)Cc1ccc(Oc2ccc(Cl)cn2)cc1. The summed E-state index contributed by atoms with van der Waals surface area (Å²) in [4.78, 5) is 14.5. The molecule has 1 aromatic carbocycles. The molecular formula is C13H10ClNO3. The highest BCUT2D eigenvalue weighted by atomic mass is 35.5. The van der Waals surface area contributed by atoms with E-state index >= 15 is 0 Å². The Bertz CT molecular complexity index is 537. The Morgan fingerprint density at radius 3 is 2.50 bits per heavy atom. The van der Waals surface area contributed by atoms with E-state index in [0.29, 0.717) is 16.7 Å². The number of hydrogen-bond acceptors (Lipinski definition) is 3. The highest BCUT2D eigenvalue weighted by molar-refractivity contribution is 6.30. The summed E-state index contributed by atoms with van der Waals surface area (Å²) in [7, 11) is 0. The van der Waals surface area contributed by atoms with E-state index in [1.54, 1.807) is 36.4 Å². The quantitative estimate of drug-likeness (QED) is 0.920. The van der Waals surface area contributed by atoms with Crippen molar-refractivity contribution in [2.45, 2.75) is 6.42 Å². The third kappa shape index (κ3) is 3.46. The fraction of sp³-hybridized carbons (Fsp3) is 0.0769. The predicted molar refractivity (Wildman–Crippen MR) is 67.1 cm³/mol. The Morgan fingerprint density at radius 2 is 1.94 bits per heavy atom. The number of ether oxygens (including phenoxy) is 1. The van der Waals surface area contributed by atoms with Crippen molar-refractivity contribution in [2.24, 2.45) is 0 Å². The zero-order valence-corrected chi connectivity index (χ0v) is 10.1. The van der Waals surface area contributed by atoms with Crippen molar-refractivity contribution in [3.8, 4) is 11.6 Å². The second kappa shape index (κ2) is 5.51. The molecule has 18 heavy (non-hydrogen) atoms. The standard InChI is InChI=1S/C13H10ClNO3/c14-10-3-6-12(15-8-10)18-11-4-1-9(2-5-11)7-13(16)17/h1-6,8H,7H2,(H,16,17). The van der Waals surface area contributed by atoms with Crippen LogP contribution in [0.3, 0.4) is 0 Å². The van der Waals surface area contributed by atoms with Crippen molar-refractivity contribution >= 4 is 17.6 Å². The first-order chi connectivity index (χ1) is 8.63. The Kier molecular flexibility index (Phi) is 3.79. The molecule has 0 fully saturated rings. The summed E-state index contributed by atoms with van der Waals surface area (Å²) in [5.41, 5.74) is 0.721. The maximum atomic E-state index is 10.5. The number of carboxylic acid groups (broad SMARTS) is 1. The summed E-state index contributed by atoms with van der Waals surface area (Å²) in [5, 5.41) is 9.18. The van der Waals surface area contributed by atoms with E-state index in [4.69, 9.17) is 21.4 Å². The number of aromatic nitrogens is 1. The van der Waals surface area contributed by atoms with Crippen LogP contribution in [0.15, 0.2) is 42.6 Å². The van der Waals surface area contributed by atoms with E-state index in [1.165, 1.54) is 6.20 Å². The molecule has 4 nitrogen and oxygen atoms in total. The van der Waals surface area contributed by atoms with Gasteiger partial charge in [0.15, 0.2) is 0 Å². The van der Waals surface area contributed by atoms with Crippen LogP contribution in [0.1, 0.15) is 5.56 Å². The number of rotatable bonds is 4. The van der Waals surface area contributed by atoms with Gasteiger partial charge in [-0.25, -0.2) is 4.98 Å². The molecule has 5 heteroatoms. The van der Waals surface area contributed by atoms with Crippen LogP contribution in [0, 0.1) is 0 Å². The molecule has 1 aromatic heterocycles. The number of carbonyl (C=O) groups is 1. The van der Waals surface area contributed by atoms with Gasteiger partial charge in [-0.2, -0.15) is 0 Å². The third-order valence-electron chi connectivity index (χ3n) is 2.20. The highest BCUT2D eigenvalue weighted by Gasteiger charge is 2.02. The lowest BCUT2D eigenvalue weighted by Gasteiger charge is -2.05. The van der Waals surface area contributed by atoms with E-state index < -0.39 is 5.97 Å². The molecule has 0 atom stereocenters. The number of halogens is 1. The first-order valence-electron chi connectivity index (χ1n) is 5.23. The lowest BCUT2D eigenvalue weighted by molar-refractivity contribution is -0.136. The van der Waals surface area contributed by atoms with Gasteiger partial charge >= 0.3 is 5.97 Å². The fourth-order valence-electron chi connectivity index (χ4n) is 1.39.